The standard InChI is InChI=1S/C20H35NO8/c1-5-8-16(22)26-12-20(13-27-17(23)9-6-2,14-28-18(24)10-7-3)15-29-19(25)11-21-4/h21H,5-15H2,1-4H3. The highest BCUT2D eigenvalue weighted by molar-refractivity contribution is 5.72. The molecule has 0 aromatic carbocycles. The van der Waals surface area contributed by atoms with Crippen molar-refractivity contribution in [2.45, 2.75) is 59.3 Å². The lowest BCUT2D eigenvalue weighted by atomic mass is 9.92. The number of esters is 4. The van der Waals surface area contributed by atoms with E-state index in [0.29, 0.717) is 19.3 Å². The Morgan fingerprint density at radius 1 is 0.621 bits per heavy atom. The fourth-order valence-electron chi connectivity index (χ4n) is 2.21. The van der Waals surface area contributed by atoms with Gasteiger partial charge in [0.1, 0.15) is 31.8 Å². The number of hydrogen-bond acceptors (Lipinski definition) is 9. The van der Waals surface area contributed by atoms with Crippen LogP contribution in [-0.2, 0) is 38.1 Å². The minimum Gasteiger partial charge on any atom is -0.465 e. The summed E-state index contributed by atoms with van der Waals surface area (Å²) >= 11 is 0. The van der Waals surface area contributed by atoms with Crippen molar-refractivity contribution in [3.05, 3.63) is 0 Å². The first-order valence-electron chi connectivity index (χ1n) is 10.1. The fraction of sp³-hybridized carbons (Fsp3) is 0.800. The van der Waals surface area contributed by atoms with Crippen molar-refractivity contribution < 1.29 is 38.1 Å². The molecule has 0 fully saturated rings. The van der Waals surface area contributed by atoms with Gasteiger partial charge in [0.2, 0.25) is 0 Å². The van der Waals surface area contributed by atoms with E-state index in [9.17, 15) is 19.2 Å². The lowest BCUT2D eigenvalue weighted by Gasteiger charge is -2.31. The van der Waals surface area contributed by atoms with E-state index in [4.69, 9.17) is 18.9 Å². The molecule has 0 aromatic heterocycles. The molecule has 0 spiro atoms. The molecule has 0 aliphatic carbocycles. The Hall–Kier alpha value is -2.16. The van der Waals surface area contributed by atoms with Crippen LogP contribution in [0.4, 0.5) is 0 Å². The Balaban J connectivity index is 5.35. The lowest BCUT2D eigenvalue weighted by Crippen LogP contribution is -2.44. The third-order valence-electron chi connectivity index (χ3n) is 3.84. The van der Waals surface area contributed by atoms with E-state index in [2.05, 4.69) is 5.32 Å². The van der Waals surface area contributed by atoms with E-state index < -0.39 is 29.3 Å². The van der Waals surface area contributed by atoms with Gasteiger partial charge in [-0.1, -0.05) is 20.8 Å². The predicted molar refractivity (Wildman–Crippen MR) is 105 cm³/mol. The van der Waals surface area contributed by atoms with Crippen LogP contribution < -0.4 is 5.32 Å². The van der Waals surface area contributed by atoms with Gasteiger partial charge >= 0.3 is 23.9 Å². The van der Waals surface area contributed by atoms with Crippen LogP contribution in [0.3, 0.4) is 0 Å². The minimum atomic E-state index is -1.18. The highest BCUT2D eigenvalue weighted by Crippen LogP contribution is 2.22. The zero-order valence-corrected chi connectivity index (χ0v) is 18.0. The predicted octanol–water partition coefficient (Wildman–Crippen LogP) is 1.77. The summed E-state index contributed by atoms with van der Waals surface area (Å²) in [7, 11) is 1.60. The van der Waals surface area contributed by atoms with E-state index in [1.165, 1.54) is 0 Å². The molecule has 0 rings (SSSR count). The summed E-state index contributed by atoms with van der Waals surface area (Å²) in [5, 5.41) is 2.67. The molecule has 0 amide bonds. The van der Waals surface area contributed by atoms with Gasteiger partial charge < -0.3 is 24.3 Å². The molecule has 1 N–H and O–H groups in total. The van der Waals surface area contributed by atoms with Gasteiger partial charge in [0, 0.05) is 19.3 Å². The van der Waals surface area contributed by atoms with Gasteiger partial charge in [-0.15, -0.1) is 0 Å². The van der Waals surface area contributed by atoms with Crippen molar-refractivity contribution in [3.8, 4) is 0 Å². The van der Waals surface area contributed by atoms with Crippen molar-refractivity contribution in [2.24, 2.45) is 5.41 Å². The van der Waals surface area contributed by atoms with Crippen molar-refractivity contribution in [1.82, 2.24) is 5.32 Å². The van der Waals surface area contributed by atoms with E-state index in [-0.39, 0.29) is 52.2 Å². The molecule has 0 unspecified atom stereocenters. The Morgan fingerprint density at radius 2 is 0.931 bits per heavy atom. The third-order valence-corrected chi connectivity index (χ3v) is 3.84. The molecule has 0 saturated heterocycles. The summed E-state index contributed by atoms with van der Waals surface area (Å²) in [5.41, 5.74) is -1.18. The molecule has 0 atom stereocenters. The van der Waals surface area contributed by atoms with E-state index in [1.54, 1.807) is 7.05 Å². The molecular formula is C20H35NO8. The van der Waals surface area contributed by atoms with Crippen molar-refractivity contribution in [2.75, 3.05) is 40.0 Å². The maximum absolute atomic E-state index is 11.9. The average molecular weight is 417 g/mol. The van der Waals surface area contributed by atoms with E-state index in [1.807, 2.05) is 20.8 Å². The van der Waals surface area contributed by atoms with Gasteiger partial charge in [-0.25, -0.2) is 0 Å². The molecule has 0 aromatic rings. The lowest BCUT2D eigenvalue weighted by molar-refractivity contribution is -0.170. The van der Waals surface area contributed by atoms with E-state index >= 15 is 0 Å². The molecule has 9 heteroatoms. The second-order valence-electron chi connectivity index (χ2n) is 6.92. The van der Waals surface area contributed by atoms with Gasteiger partial charge in [-0.3, -0.25) is 19.2 Å². The number of rotatable bonds is 16. The van der Waals surface area contributed by atoms with Crippen LogP contribution in [0.15, 0.2) is 0 Å². The molecular weight excluding hydrogens is 382 g/mol. The molecule has 0 radical (unpaired) electrons. The summed E-state index contributed by atoms with van der Waals surface area (Å²) in [6.07, 6.45) is 2.50. The summed E-state index contributed by atoms with van der Waals surface area (Å²) < 4.78 is 21.1. The van der Waals surface area contributed by atoms with Crippen LogP contribution in [0.1, 0.15) is 59.3 Å². The van der Waals surface area contributed by atoms with Gasteiger partial charge in [-0.05, 0) is 26.3 Å². The molecule has 168 valence electrons. The van der Waals surface area contributed by atoms with Gasteiger partial charge in [0.15, 0.2) is 0 Å². The summed E-state index contributed by atoms with van der Waals surface area (Å²) in [4.78, 5) is 47.4. The molecule has 0 aliphatic heterocycles. The number of carbonyl (C=O) groups is 4. The van der Waals surface area contributed by atoms with Gasteiger partial charge in [0.25, 0.3) is 0 Å². The minimum absolute atomic E-state index is 0.0169. The van der Waals surface area contributed by atoms with Crippen molar-refractivity contribution in [3.63, 3.8) is 0 Å². The molecule has 0 bridgehead atoms. The zero-order valence-electron chi connectivity index (χ0n) is 18.0. The Labute approximate surface area is 172 Å². The normalized spacial score (nSPS) is 10.9. The maximum Gasteiger partial charge on any atom is 0.319 e. The first-order chi connectivity index (χ1) is 13.8. The fourth-order valence-corrected chi connectivity index (χ4v) is 2.21. The van der Waals surface area contributed by atoms with Crippen LogP contribution in [0.25, 0.3) is 0 Å². The molecule has 0 saturated carbocycles. The Kier molecular flexibility index (Phi) is 14.6. The summed E-state index contributed by atoms with van der Waals surface area (Å²) in [6.45, 7) is 4.64. The first kappa shape index (κ1) is 26.8. The van der Waals surface area contributed by atoms with Gasteiger partial charge in [0.05, 0.1) is 6.54 Å². The molecule has 29 heavy (non-hydrogen) atoms. The molecule has 0 aliphatic rings. The van der Waals surface area contributed by atoms with Crippen LogP contribution in [-0.4, -0.2) is 63.9 Å². The average Bonchev–Trinajstić information content (AvgIpc) is 2.68. The van der Waals surface area contributed by atoms with Crippen LogP contribution >= 0.6 is 0 Å². The zero-order chi connectivity index (χ0) is 22.1. The number of likely N-dealkylation sites (N-methyl/N-ethyl adjacent to an activating group) is 1. The number of carbonyl (C=O) groups excluding carboxylic acids is 4. The highest BCUT2D eigenvalue weighted by atomic mass is 16.6. The SMILES string of the molecule is CCCC(=O)OCC(COC(=O)CCC)(COC(=O)CCC)COC(=O)CNC. The second kappa shape index (κ2) is 15.7. The van der Waals surface area contributed by atoms with Crippen LogP contribution in [0.2, 0.25) is 0 Å². The van der Waals surface area contributed by atoms with Crippen molar-refractivity contribution in [1.29, 1.82) is 0 Å². The van der Waals surface area contributed by atoms with Crippen LogP contribution in [0.5, 0.6) is 0 Å². The Morgan fingerprint density at radius 3 is 1.21 bits per heavy atom. The number of ether oxygens (including phenoxy) is 4. The highest BCUT2D eigenvalue weighted by Gasteiger charge is 2.37. The topological polar surface area (TPSA) is 117 Å². The van der Waals surface area contributed by atoms with Gasteiger partial charge in [-0.2, -0.15) is 0 Å². The summed E-state index contributed by atoms with van der Waals surface area (Å²) in [5.74, 6) is -1.83. The Bertz CT molecular complexity index is 427. The van der Waals surface area contributed by atoms with Crippen LogP contribution in [0, 0.1) is 5.41 Å². The second-order valence-corrected chi connectivity index (χ2v) is 6.92. The maximum atomic E-state index is 11.9. The number of hydrogen-bond donors (Lipinski definition) is 1. The monoisotopic (exact) mass is 417 g/mol. The molecule has 0 heterocycles. The molecule has 9 nitrogen and oxygen atoms in total. The van der Waals surface area contributed by atoms with E-state index in [0.717, 1.165) is 0 Å². The quantitative estimate of drug-likeness (QED) is 0.296. The smallest absolute Gasteiger partial charge is 0.319 e. The number of nitrogens with one attached hydrogen (secondary N) is 1. The summed E-state index contributed by atoms with van der Waals surface area (Å²) in [6, 6.07) is 0. The first-order valence-corrected chi connectivity index (χ1v) is 10.1. The largest absolute Gasteiger partial charge is 0.465 e. The van der Waals surface area contributed by atoms with Crippen molar-refractivity contribution >= 4 is 23.9 Å². The third kappa shape index (κ3) is 12.8.